The largest absolute Gasteiger partial charge is 0.494 e. The van der Waals surface area contributed by atoms with Crippen LogP contribution in [0.3, 0.4) is 0 Å². The van der Waals surface area contributed by atoms with Gasteiger partial charge in [-0.1, -0.05) is 0 Å². The van der Waals surface area contributed by atoms with Gasteiger partial charge in [-0.3, -0.25) is 10.1 Å². The van der Waals surface area contributed by atoms with Gasteiger partial charge in [-0.25, -0.2) is 0 Å². The summed E-state index contributed by atoms with van der Waals surface area (Å²) in [6.07, 6.45) is 0.358. The highest BCUT2D eigenvalue weighted by atomic mass is 16.6. The molecule has 6 nitrogen and oxygen atoms in total. The third kappa shape index (κ3) is 3.48. The Morgan fingerprint density at radius 1 is 1.50 bits per heavy atom. The molecule has 1 aromatic rings. The first kappa shape index (κ1) is 14.3. The predicted octanol–water partition coefficient (Wildman–Crippen LogP) is 1.69. The molecule has 0 aromatic heterocycles. The van der Waals surface area contributed by atoms with E-state index in [0.29, 0.717) is 24.3 Å². The van der Waals surface area contributed by atoms with Crippen molar-refractivity contribution >= 4 is 5.69 Å². The Morgan fingerprint density at radius 2 is 2.19 bits per heavy atom. The third-order valence-electron chi connectivity index (χ3n) is 1.94. The maximum Gasteiger partial charge on any atom is 0.269 e. The summed E-state index contributed by atoms with van der Waals surface area (Å²) in [6, 6.07) is 4.39. The zero-order valence-corrected chi connectivity index (χ0v) is 9.18. The molecule has 0 heterocycles. The SMILES string of the molecule is CCOc1ccc([N+](=O)[O-])cc1CCO.N. The molecule has 0 radical (unpaired) electrons. The van der Waals surface area contributed by atoms with Crippen LogP contribution >= 0.6 is 0 Å². The van der Waals surface area contributed by atoms with E-state index in [-0.39, 0.29) is 18.4 Å². The molecule has 0 bridgehead atoms. The van der Waals surface area contributed by atoms with Gasteiger partial charge in [0.2, 0.25) is 0 Å². The highest BCUT2D eigenvalue weighted by molar-refractivity contribution is 5.43. The van der Waals surface area contributed by atoms with Crippen LogP contribution in [0.15, 0.2) is 18.2 Å². The Kier molecular flexibility index (Phi) is 6.06. The molecular formula is C10H16N2O4. The first-order chi connectivity index (χ1) is 7.19. The van der Waals surface area contributed by atoms with Gasteiger partial charge in [0, 0.05) is 24.3 Å². The van der Waals surface area contributed by atoms with Gasteiger partial charge in [0.05, 0.1) is 11.5 Å². The lowest BCUT2D eigenvalue weighted by Crippen LogP contribution is -2.00. The number of nitro benzene ring substituents is 1. The second-order valence-corrected chi connectivity index (χ2v) is 2.96. The average molecular weight is 228 g/mol. The van der Waals surface area contributed by atoms with Crippen LogP contribution in [0.2, 0.25) is 0 Å². The molecule has 0 amide bonds. The van der Waals surface area contributed by atoms with Crippen LogP contribution in [-0.4, -0.2) is 23.2 Å². The Hall–Kier alpha value is -1.66. The van der Waals surface area contributed by atoms with Gasteiger partial charge in [-0.15, -0.1) is 0 Å². The smallest absolute Gasteiger partial charge is 0.269 e. The Bertz CT molecular complexity index is 355. The summed E-state index contributed by atoms with van der Waals surface area (Å²) in [6.45, 7) is 2.28. The maximum atomic E-state index is 10.5. The lowest BCUT2D eigenvalue weighted by molar-refractivity contribution is -0.384. The zero-order valence-electron chi connectivity index (χ0n) is 9.18. The van der Waals surface area contributed by atoms with Crippen LogP contribution in [0.1, 0.15) is 12.5 Å². The van der Waals surface area contributed by atoms with E-state index in [9.17, 15) is 10.1 Å². The summed E-state index contributed by atoms with van der Waals surface area (Å²) in [4.78, 5) is 10.1. The van der Waals surface area contributed by atoms with Crippen molar-refractivity contribution in [2.75, 3.05) is 13.2 Å². The molecule has 0 aliphatic heterocycles. The minimum absolute atomic E-state index is 0. The summed E-state index contributed by atoms with van der Waals surface area (Å²) < 4.78 is 5.29. The van der Waals surface area contributed by atoms with Crippen molar-refractivity contribution < 1.29 is 14.8 Å². The van der Waals surface area contributed by atoms with Crippen molar-refractivity contribution in [3.8, 4) is 5.75 Å². The lowest BCUT2D eigenvalue weighted by Gasteiger charge is -2.08. The Morgan fingerprint density at radius 3 is 2.69 bits per heavy atom. The van der Waals surface area contributed by atoms with Gasteiger partial charge in [0.25, 0.3) is 5.69 Å². The van der Waals surface area contributed by atoms with Crippen molar-refractivity contribution in [1.29, 1.82) is 0 Å². The number of rotatable bonds is 5. The standard InChI is InChI=1S/C10H13NO4.H3N/c1-2-15-10-4-3-9(11(13)14)7-8(10)5-6-12;/h3-4,7,12H,2,5-6H2,1H3;1H3. The van der Waals surface area contributed by atoms with Gasteiger partial charge in [0.1, 0.15) is 5.75 Å². The Balaban J connectivity index is 0.00000225. The summed E-state index contributed by atoms with van der Waals surface area (Å²) in [7, 11) is 0. The van der Waals surface area contributed by atoms with E-state index in [1.165, 1.54) is 12.1 Å². The molecule has 0 saturated carbocycles. The summed E-state index contributed by atoms with van der Waals surface area (Å²) in [5, 5.41) is 19.3. The van der Waals surface area contributed by atoms with Gasteiger partial charge < -0.3 is 16.0 Å². The van der Waals surface area contributed by atoms with E-state index in [1.807, 2.05) is 6.92 Å². The van der Waals surface area contributed by atoms with E-state index in [2.05, 4.69) is 0 Å². The fourth-order valence-electron chi connectivity index (χ4n) is 1.29. The normalized spacial score (nSPS) is 9.38. The highest BCUT2D eigenvalue weighted by Crippen LogP contribution is 2.24. The van der Waals surface area contributed by atoms with E-state index in [4.69, 9.17) is 9.84 Å². The molecule has 4 N–H and O–H groups in total. The first-order valence-corrected chi connectivity index (χ1v) is 4.70. The predicted molar refractivity (Wildman–Crippen MR) is 60.1 cm³/mol. The molecule has 0 spiro atoms. The third-order valence-corrected chi connectivity index (χ3v) is 1.94. The Labute approximate surface area is 93.6 Å². The van der Waals surface area contributed by atoms with E-state index >= 15 is 0 Å². The van der Waals surface area contributed by atoms with Crippen molar-refractivity contribution in [1.82, 2.24) is 6.15 Å². The number of nitro groups is 1. The van der Waals surface area contributed by atoms with Crippen molar-refractivity contribution in [3.05, 3.63) is 33.9 Å². The topological polar surface area (TPSA) is 108 Å². The van der Waals surface area contributed by atoms with Crippen molar-refractivity contribution in [2.45, 2.75) is 13.3 Å². The second-order valence-electron chi connectivity index (χ2n) is 2.96. The van der Waals surface area contributed by atoms with Gasteiger partial charge in [-0.05, 0) is 19.4 Å². The van der Waals surface area contributed by atoms with Crippen molar-refractivity contribution in [2.24, 2.45) is 0 Å². The van der Waals surface area contributed by atoms with Crippen LogP contribution in [0.5, 0.6) is 5.75 Å². The molecule has 0 aliphatic carbocycles. The fourth-order valence-corrected chi connectivity index (χ4v) is 1.29. The number of aliphatic hydroxyl groups is 1. The average Bonchev–Trinajstić information content (AvgIpc) is 2.21. The van der Waals surface area contributed by atoms with Crippen LogP contribution in [-0.2, 0) is 6.42 Å². The molecule has 0 aliphatic rings. The molecule has 0 fully saturated rings. The van der Waals surface area contributed by atoms with Crippen LogP contribution in [0, 0.1) is 10.1 Å². The number of hydrogen-bond donors (Lipinski definition) is 2. The quantitative estimate of drug-likeness (QED) is 0.589. The summed E-state index contributed by atoms with van der Waals surface area (Å²) in [5.41, 5.74) is 0.676. The van der Waals surface area contributed by atoms with Crippen molar-refractivity contribution in [3.63, 3.8) is 0 Å². The van der Waals surface area contributed by atoms with E-state index < -0.39 is 4.92 Å². The highest BCUT2D eigenvalue weighted by Gasteiger charge is 2.10. The monoisotopic (exact) mass is 228 g/mol. The molecule has 90 valence electrons. The molecule has 6 heteroatoms. The number of aliphatic hydroxyl groups excluding tert-OH is 1. The molecular weight excluding hydrogens is 212 g/mol. The van der Waals surface area contributed by atoms with E-state index in [0.717, 1.165) is 0 Å². The van der Waals surface area contributed by atoms with Crippen LogP contribution in [0.25, 0.3) is 0 Å². The van der Waals surface area contributed by atoms with Crippen LogP contribution in [0.4, 0.5) is 5.69 Å². The minimum Gasteiger partial charge on any atom is -0.494 e. The molecule has 1 aromatic carbocycles. The van der Waals surface area contributed by atoms with Crippen LogP contribution < -0.4 is 10.9 Å². The molecule has 0 unspecified atom stereocenters. The second kappa shape index (κ2) is 6.76. The van der Waals surface area contributed by atoms with E-state index in [1.54, 1.807) is 6.07 Å². The molecule has 16 heavy (non-hydrogen) atoms. The van der Waals surface area contributed by atoms with Gasteiger partial charge in [0.15, 0.2) is 0 Å². The number of hydrogen-bond acceptors (Lipinski definition) is 5. The summed E-state index contributed by atoms with van der Waals surface area (Å²) in [5.74, 6) is 0.595. The summed E-state index contributed by atoms with van der Waals surface area (Å²) >= 11 is 0. The number of ether oxygens (including phenoxy) is 1. The molecule has 1 rings (SSSR count). The number of benzene rings is 1. The fraction of sp³-hybridized carbons (Fsp3) is 0.400. The molecule has 0 saturated heterocycles. The first-order valence-electron chi connectivity index (χ1n) is 4.70. The number of nitrogens with zero attached hydrogens (tertiary/aromatic N) is 1. The zero-order chi connectivity index (χ0) is 11.3. The minimum atomic E-state index is -0.462. The maximum absolute atomic E-state index is 10.5. The van der Waals surface area contributed by atoms with Gasteiger partial charge in [-0.2, -0.15) is 0 Å². The number of non-ortho nitro benzene ring substituents is 1. The lowest BCUT2D eigenvalue weighted by atomic mass is 10.1. The molecule has 0 atom stereocenters. The van der Waals surface area contributed by atoms with Gasteiger partial charge >= 0.3 is 0 Å².